The summed E-state index contributed by atoms with van der Waals surface area (Å²) in [5.74, 6) is -0.0367. The molecule has 0 radical (unpaired) electrons. The Balaban J connectivity index is 1.89. The Bertz CT molecular complexity index is 618. The Hall–Kier alpha value is -2.13. The number of benzene rings is 2. The highest BCUT2D eigenvalue weighted by Gasteiger charge is 2.07. The van der Waals surface area contributed by atoms with Gasteiger partial charge in [0, 0.05) is 12.1 Å². The first-order valence-electron chi connectivity index (χ1n) is 7.59. The van der Waals surface area contributed by atoms with Gasteiger partial charge in [0.2, 0.25) is 0 Å². The highest BCUT2D eigenvalue weighted by atomic mass is 16.5. The summed E-state index contributed by atoms with van der Waals surface area (Å²) >= 11 is 0. The second-order valence-electron chi connectivity index (χ2n) is 5.67. The maximum absolute atomic E-state index is 12.2. The van der Waals surface area contributed by atoms with Crippen LogP contribution in [0, 0.1) is 6.92 Å². The number of hydrogen-bond acceptors (Lipinski definition) is 2. The molecule has 0 heterocycles. The smallest absolute Gasteiger partial charge is 0.251 e. The van der Waals surface area contributed by atoms with Gasteiger partial charge in [0.1, 0.15) is 0 Å². The molecular formula is C19H23NO2. The number of carbonyl (C=O) groups is 1. The van der Waals surface area contributed by atoms with E-state index in [1.807, 2.05) is 69.3 Å². The highest BCUT2D eigenvalue weighted by molar-refractivity contribution is 5.95. The van der Waals surface area contributed by atoms with Gasteiger partial charge in [0.15, 0.2) is 0 Å². The molecule has 3 heteroatoms. The van der Waals surface area contributed by atoms with Crippen LogP contribution in [0.5, 0.6) is 0 Å². The van der Waals surface area contributed by atoms with Gasteiger partial charge in [-0.2, -0.15) is 0 Å². The molecule has 0 fully saturated rings. The summed E-state index contributed by atoms with van der Waals surface area (Å²) in [4.78, 5) is 12.2. The number of aryl methyl sites for hydroxylation is 1. The van der Waals surface area contributed by atoms with Crippen molar-refractivity contribution in [3.05, 3.63) is 70.8 Å². The van der Waals surface area contributed by atoms with Crippen molar-refractivity contribution < 1.29 is 9.53 Å². The summed E-state index contributed by atoms with van der Waals surface area (Å²) in [6.45, 7) is 7.13. The lowest BCUT2D eigenvalue weighted by atomic mass is 10.1. The predicted octanol–water partition coefficient (Wildman–Crippen LogP) is 3.85. The molecule has 2 aromatic carbocycles. The fraction of sp³-hybridized carbons (Fsp3) is 0.316. The summed E-state index contributed by atoms with van der Waals surface area (Å²) in [6.07, 6.45) is 0.230. The van der Waals surface area contributed by atoms with Gasteiger partial charge >= 0.3 is 0 Å². The van der Waals surface area contributed by atoms with E-state index in [-0.39, 0.29) is 12.0 Å². The number of hydrogen-bond donors (Lipinski definition) is 1. The fourth-order valence-corrected chi connectivity index (χ4v) is 2.12. The first kappa shape index (κ1) is 16.2. The van der Waals surface area contributed by atoms with E-state index in [0.717, 1.165) is 22.3 Å². The minimum atomic E-state index is -0.0367. The molecule has 116 valence electrons. The van der Waals surface area contributed by atoms with Crippen LogP contribution in [0.15, 0.2) is 48.5 Å². The summed E-state index contributed by atoms with van der Waals surface area (Å²) in [5, 5.41) is 2.96. The zero-order valence-corrected chi connectivity index (χ0v) is 13.4. The number of carbonyl (C=O) groups excluding carboxylic acids is 1. The topological polar surface area (TPSA) is 38.3 Å². The molecule has 0 unspecified atom stereocenters. The van der Waals surface area contributed by atoms with Crippen LogP contribution in [-0.2, 0) is 17.9 Å². The number of rotatable bonds is 6. The van der Waals surface area contributed by atoms with E-state index >= 15 is 0 Å². The Kier molecular flexibility index (Phi) is 5.73. The van der Waals surface area contributed by atoms with Gasteiger partial charge in [-0.05, 0) is 43.5 Å². The van der Waals surface area contributed by atoms with E-state index in [4.69, 9.17) is 4.74 Å². The summed E-state index contributed by atoms with van der Waals surface area (Å²) in [6, 6.07) is 15.7. The first-order valence-corrected chi connectivity index (χ1v) is 7.59. The highest BCUT2D eigenvalue weighted by Crippen LogP contribution is 2.09. The first-order chi connectivity index (χ1) is 10.6. The van der Waals surface area contributed by atoms with Crippen molar-refractivity contribution in [3.63, 3.8) is 0 Å². The molecule has 0 saturated heterocycles. The zero-order chi connectivity index (χ0) is 15.9. The molecule has 0 atom stereocenters. The van der Waals surface area contributed by atoms with Crippen LogP contribution >= 0.6 is 0 Å². The van der Waals surface area contributed by atoms with Crippen LogP contribution in [0.4, 0.5) is 0 Å². The van der Waals surface area contributed by atoms with Crippen LogP contribution in [0.25, 0.3) is 0 Å². The van der Waals surface area contributed by atoms with Crippen LogP contribution in [-0.4, -0.2) is 12.0 Å². The van der Waals surface area contributed by atoms with Gasteiger partial charge in [-0.1, -0.05) is 42.5 Å². The number of ether oxygens (including phenoxy) is 1. The molecular weight excluding hydrogens is 274 g/mol. The van der Waals surface area contributed by atoms with E-state index in [9.17, 15) is 4.79 Å². The van der Waals surface area contributed by atoms with Crippen LogP contribution < -0.4 is 5.32 Å². The minimum absolute atomic E-state index is 0.0367. The molecule has 22 heavy (non-hydrogen) atoms. The zero-order valence-electron chi connectivity index (χ0n) is 13.4. The van der Waals surface area contributed by atoms with Gasteiger partial charge in [0.25, 0.3) is 5.91 Å². The number of amides is 1. The lowest BCUT2D eigenvalue weighted by Crippen LogP contribution is -2.23. The van der Waals surface area contributed by atoms with E-state index in [1.54, 1.807) is 0 Å². The van der Waals surface area contributed by atoms with Crippen LogP contribution in [0.3, 0.4) is 0 Å². The largest absolute Gasteiger partial charge is 0.374 e. The molecule has 0 aliphatic carbocycles. The van der Waals surface area contributed by atoms with E-state index in [2.05, 4.69) is 5.32 Å². The van der Waals surface area contributed by atoms with Crippen LogP contribution in [0.1, 0.15) is 40.9 Å². The maximum Gasteiger partial charge on any atom is 0.251 e. The SMILES string of the molecule is Cc1ccccc1C(=O)NCc1ccc(COC(C)C)cc1. The van der Waals surface area contributed by atoms with E-state index in [1.165, 1.54) is 0 Å². The quantitative estimate of drug-likeness (QED) is 0.879. The standard InChI is InChI=1S/C19H23NO2/c1-14(2)22-13-17-10-8-16(9-11-17)12-20-19(21)18-7-5-4-6-15(18)3/h4-11,14H,12-13H2,1-3H3,(H,20,21). The molecule has 2 rings (SSSR count). The summed E-state index contributed by atoms with van der Waals surface area (Å²) < 4.78 is 5.57. The van der Waals surface area contributed by atoms with Gasteiger partial charge in [-0.3, -0.25) is 4.79 Å². The number of nitrogens with one attached hydrogen (secondary N) is 1. The van der Waals surface area contributed by atoms with Crippen molar-refractivity contribution in [1.29, 1.82) is 0 Å². The van der Waals surface area contributed by atoms with Crippen molar-refractivity contribution >= 4 is 5.91 Å². The fourth-order valence-electron chi connectivity index (χ4n) is 2.12. The Morgan fingerprint density at radius 2 is 1.68 bits per heavy atom. The van der Waals surface area contributed by atoms with Gasteiger partial charge in [-0.25, -0.2) is 0 Å². The molecule has 1 N–H and O–H groups in total. The lowest BCUT2D eigenvalue weighted by Gasteiger charge is -2.10. The second kappa shape index (κ2) is 7.76. The molecule has 0 aromatic heterocycles. The molecule has 0 saturated carbocycles. The molecule has 3 nitrogen and oxygen atoms in total. The lowest BCUT2D eigenvalue weighted by molar-refractivity contribution is 0.0657. The van der Waals surface area contributed by atoms with Crippen molar-refractivity contribution in [1.82, 2.24) is 5.32 Å². The van der Waals surface area contributed by atoms with Crippen molar-refractivity contribution in [2.45, 2.75) is 40.0 Å². The molecule has 0 spiro atoms. The molecule has 0 bridgehead atoms. The van der Waals surface area contributed by atoms with Gasteiger partial charge < -0.3 is 10.1 Å². The third kappa shape index (κ3) is 4.71. The average molecular weight is 297 g/mol. The van der Waals surface area contributed by atoms with Crippen LogP contribution in [0.2, 0.25) is 0 Å². The Morgan fingerprint density at radius 3 is 2.32 bits per heavy atom. The summed E-state index contributed by atoms with van der Waals surface area (Å²) in [7, 11) is 0. The summed E-state index contributed by atoms with van der Waals surface area (Å²) in [5.41, 5.74) is 3.93. The van der Waals surface area contributed by atoms with Crippen molar-refractivity contribution in [2.75, 3.05) is 0 Å². The van der Waals surface area contributed by atoms with Gasteiger partial charge in [-0.15, -0.1) is 0 Å². The van der Waals surface area contributed by atoms with Crippen molar-refractivity contribution in [2.24, 2.45) is 0 Å². The second-order valence-corrected chi connectivity index (χ2v) is 5.67. The Morgan fingerprint density at radius 1 is 1.05 bits per heavy atom. The van der Waals surface area contributed by atoms with Gasteiger partial charge in [0.05, 0.1) is 12.7 Å². The minimum Gasteiger partial charge on any atom is -0.374 e. The monoisotopic (exact) mass is 297 g/mol. The molecule has 1 amide bonds. The third-order valence-electron chi connectivity index (χ3n) is 3.45. The normalized spacial score (nSPS) is 10.7. The van der Waals surface area contributed by atoms with E-state index in [0.29, 0.717) is 13.2 Å². The third-order valence-corrected chi connectivity index (χ3v) is 3.45. The molecule has 0 aliphatic heterocycles. The molecule has 0 aliphatic rings. The average Bonchev–Trinajstić information content (AvgIpc) is 2.52. The van der Waals surface area contributed by atoms with Crippen molar-refractivity contribution in [3.8, 4) is 0 Å². The predicted molar refractivity (Wildman–Crippen MR) is 88.7 cm³/mol. The Labute approximate surface area is 132 Å². The molecule has 2 aromatic rings. The maximum atomic E-state index is 12.2. The van der Waals surface area contributed by atoms with E-state index < -0.39 is 0 Å².